The second-order valence-corrected chi connectivity index (χ2v) is 5.36. The highest BCUT2D eigenvalue weighted by Crippen LogP contribution is 2.33. The van der Waals surface area contributed by atoms with Crippen LogP contribution in [0.5, 0.6) is 0 Å². The Bertz CT molecular complexity index is 553. The molecule has 0 saturated heterocycles. The van der Waals surface area contributed by atoms with Crippen LogP contribution in [-0.4, -0.2) is 21.4 Å². The number of hydrogen-bond acceptors (Lipinski definition) is 4. The number of aliphatic hydroxyl groups is 1. The van der Waals surface area contributed by atoms with E-state index in [0.717, 1.165) is 31.2 Å². The van der Waals surface area contributed by atoms with Crippen LogP contribution < -0.4 is 0 Å². The van der Waals surface area contributed by atoms with Crippen molar-refractivity contribution in [3.8, 4) is 11.4 Å². The average molecular weight is 279 g/mol. The van der Waals surface area contributed by atoms with Crippen LogP contribution in [0.2, 0.25) is 5.02 Å². The quantitative estimate of drug-likeness (QED) is 0.914. The van der Waals surface area contributed by atoms with E-state index in [2.05, 4.69) is 10.1 Å². The fraction of sp³-hybridized carbons (Fsp3) is 0.429. The Balaban J connectivity index is 1.84. The lowest BCUT2D eigenvalue weighted by Gasteiger charge is -2.24. The number of rotatable bonds is 2. The molecule has 1 aliphatic carbocycles. The Labute approximate surface area is 116 Å². The Kier molecular flexibility index (Phi) is 3.53. The van der Waals surface area contributed by atoms with Gasteiger partial charge in [-0.05, 0) is 37.1 Å². The van der Waals surface area contributed by atoms with Crippen molar-refractivity contribution in [1.82, 2.24) is 10.1 Å². The van der Waals surface area contributed by atoms with Gasteiger partial charge in [0.15, 0.2) is 0 Å². The summed E-state index contributed by atoms with van der Waals surface area (Å²) < 4.78 is 5.31. The van der Waals surface area contributed by atoms with Gasteiger partial charge in [0.05, 0.1) is 12.0 Å². The summed E-state index contributed by atoms with van der Waals surface area (Å²) >= 11 is 5.85. The van der Waals surface area contributed by atoms with Crippen molar-refractivity contribution < 1.29 is 9.63 Å². The van der Waals surface area contributed by atoms with Crippen molar-refractivity contribution >= 4 is 11.6 Å². The molecule has 1 heterocycles. The molecule has 2 aromatic rings. The number of hydrogen-bond donors (Lipinski definition) is 1. The summed E-state index contributed by atoms with van der Waals surface area (Å²) in [7, 11) is 0. The molecule has 0 radical (unpaired) electrons. The summed E-state index contributed by atoms with van der Waals surface area (Å²) in [6.07, 6.45) is 3.51. The molecular formula is C14H15ClN2O2. The summed E-state index contributed by atoms with van der Waals surface area (Å²) in [4.78, 5) is 4.40. The first-order chi connectivity index (χ1) is 9.24. The van der Waals surface area contributed by atoms with E-state index >= 15 is 0 Å². The summed E-state index contributed by atoms with van der Waals surface area (Å²) in [6, 6.07) is 7.30. The number of aromatic nitrogens is 2. The molecule has 4 nitrogen and oxygen atoms in total. The van der Waals surface area contributed by atoms with E-state index in [-0.39, 0.29) is 12.0 Å². The van der Waals surface area contributed by atoms with Crippen molar-refractivity contribution in [2.24, 2.45) is 0 Å². The first kappa shape index (κ1) is 12.6. The van der Waals surface area contributed by atoms with Gasteiger partial charge in [0.25, 0.3) is 0 Å². The monoisotopic (exact) mass is 278 g/mol. The van der Waals surface area contributed by atoms with Crippen LogP contribution in [-0.2, 0) is 0 Å². The summed E-state index contributed by atoms with van der Waals surface area (Å²) in [5.41, 5.74) is 0.865. The fourth-order valence-electron chi connectivity index (χ4n) is 2.50. The molecule has 1 aromatic heterocycles. The van der Waals surface area contributed by atoms with E-state index < -0.39 is 0 Å². The van der Waals surface area contributed by atoms with Gasteiger partial charge in [-0.25, -0.2) is 0 Å². The molecule has 0 spiro atoms. The first-order valence-electron chi connectivity index (χ1n) is 6.51. The van der Waals surface area contributed by atoms with E-state index in [1.54, 1.807) is 12.1 Å². The topological polar surface area (TPSA) is 59.2 Å². The van der Waals surface area contributed by atoms with Gasteiger partial charge in [0.2, 0.25) is 11.7 Å². The second kappa shape index (κ2) is 5.31. The lowest BCUT2D eigenvalue weighted by Crippen LogP contribution is -2.22. The molecule has 1 N–H and O–H groups in total. The van der Waals surface area contributed by atoms with Crippen molar-refractivity contribution in [2.75, 3.05) is 0 Å². The van der Waals surface area contributed by atoms with Crippen molar-refractivity contribution in [2.45, 2.75) is 37.7 Å². The minimum absolute atomic E-state index is 0.0256. The third-order valence-electron chi connectivity index (χ3n) is 3.59. The van der Waals surface area contributed by atoms with Crippen LogP contribution in [0.25, 0.3) is 11.4 Å². The summed E-state index contributed by atoms with van der Waals surface area (Å²) in [5.74, 6) is 1.06. The third-order valence-corrected chi connectivity index (χ3v) is 3.84. The molecular weight excluding hydrogens is 264 g/mol. The maximum atomic E-state index is 9.99. The minimum atomic E-state index is -0.368. The molecule has 0 bridgehead atoms. The second-order valence-electron chi connectivity index (χ2n) is 4.92. The number of benzene rings is 1. The van der Waals surface area contributed by atoms with Crippen LogP contribution in [0.15, 0.2) is 28.8 Å². The number of aliphatic hydroxyl groups excluding tert-OH is 1. The predicted molar refractivity (Wildman–Crippen MR) is 72.0 cm³/mol. The van der Waals surface area contributed by atoms with Crippen LogP contribution in [0, 0.1) is 0 Å². The highest BCUT2D eigenvalue weighted by molar-refractivity contribution is 6.30. The minimum Gasteiger partial charge on any atom is -0.392 e. The normalized spacial score (nSPS) is 23.5. The largest absolute Gasteiger partial charge is 0.392 e. The van der Waals surface area contributed by atoms with Gasteiger partial charge in [-0.1, -0.05) is 29.6 Å². The fourth-order valence-corrected chi connectivity index (χ4v) is 2.63. The van der Waals surface area contributed by atoms with Crippen molar-refractivity contribution in [3.63, 3.8) is 0 Å². The first-order valence-corrected chi connectivity index (χ1v) is 6.89. The molecule has 0 amide bonds. The van der Waals surface area contributed by atoms with E-state index in [1.165, 1.54) is 0 Å². The van der Waals surface area contributed by atoms with E-state index in [0.29, 0.717) is 16.7 Å². The maximum Gasteiger partial charge on any atom is 0.232 e. The predicted octanol–water partition coefficient (Wildman–Crippen LogP) is 3.41. The highest BCUT2D eigenvalue weighted by atomic mass is 35.5. The summed E-state index contributed by atoms with van der Waals surface area (Å²) in [6.45, 7) is 0. The summed E-state index contributed by atoms with van der Waals surface area (Å²) in [5, 5.41) is 14.7. The van der Waals surface area contributed by atoms with Gasteiger partial charge in [-0.3, -0.25) is 0 Å². The average Bonchev–Trinajstić information content (AvgIpc) is 2.89. The Morgan fingerprint density at radius 1 is 1.16 bits per heavy atom. The molecule has 2 unspecified atom stereocenters. The standard InChI is InChI=1S/C14H15ClN2O2/c15-10-7-5-9(6-8-10)13-16-14(19-17-13)11-3-1-2-4-12(11)18/h5-8,11-12,18H,1-4H2. The van der Waals surface area contributed by atoms with E-state index in [4.69, 9.17) is 16.1 Å². The van der Waals surface area contributed by atoms with Gasteiger partial charge in [0, 0.05) is 10.6 Å². The lowest BCUT2D eigenvalue weighted by atomic mass is 9.86. The molecule has 1 saturated carbocycles. The maximum absolute atomic E-state index is 9.99. The zero-order valence-electron chi connectivity index (χ0n) is 10.4. The number of halogens is 1. The van der Waals surface area contributed by atoms with Crippen molar-refractivity contribution in [1.29, 1.82) is 0 Å². The van der Waals surface area contributed by atoms with Crippen LogP contribution in [0.3, 0.4) is 0 Å². The molecule has 1 aromatic carbocycles. The molecule has 2 atom stereocenters. The third kappa shape index (κ3) is 2.65. The lowest BCUT2D eigenvalue weighted by molar-refractivity contribution is 0.0908. The van der Waals surface area contributed by atoms with Gasteiger partial charge in [-0.2, -0.15) is 4.98 Å². The zero-order chi connectivity index (χ0) is 13.2. The Morgan fingerprint density at radius 2 is 1.89 bits per heavy atom. The van der Waals surface area contributed by atoms with Gasteiger partial charge >= 0.3 is 0 Å². The highest BCUT2D eigenvalue weighted by Gasteiger charge is 2.29. The molecule has 1 aliphatic rings. The van der Waals surface area contributed by atoms with Crippen LogP contribution >= 0.6 is 11.6 Å². The van der Waals surface area contributed by atoms with Crippen LogP contribution in [0.4, 0.5) is 0 Å². The molecule has 5 heteroatoms. The molecule has 100 valence electrons. The molecule has 0 aliphatic heterocycles. The molecule has 3 rings (SSSR count). The Hall–Kier alpha value is -1.39. The van der Waals surface area contributed by atoms with Gasteiger partial charge < -0.3 is 9.63 Å². The van der Waals surface area contributed by atoms with Crippen LogP contribution in [0.1, 0.15) is 37.5 Å². The SMILES string of the molecule is OC1CCCCC1c1nc(-c2ccc(Cl)cc2)no1. The molecule has 19 heavy (non-hydrogen) atoms. The van der Waals surface area contributed by atoms with Gasteiger partial charge in [-0.15, -0.1) is 0 Å². The smallest absolute Gasteiger partial charge is 0.232 e. The number of nitrogens with zero attached hydrogens (tertiary/aromatic N) is 2. The molecule has 1 fully saturated rings. The zero-order valence-corrected chi connectivity index (χ0v) is 11.2. The Morgan fingerprint density at radius 3 is 2.63 bits per heavy atom. The van der Waals surface area contributed by atoms with Crippen molar-refractivity contribution in [3.05, 3.63) is 35.2 Å². The van der Waals surface area contributed by atoms with Gasteiger partial charge in [0.1, 0.15) is 0 Å². The van der Waals surface area contributed by atoms with E-state index in [9.17, 15) is 5.11 Å². The van der Waals surface area contributed by atoms with E-state index in [1.807, 2.05) is 12.1 Å².